The molecule has 0 spiro atoms. The quantitative estimate of drug-likeness (QED) is 0.878. The van der Waals surface area contributed by atoms with Crippen molar-refractivity contribution in [3.8, 4) is 0 Å². The van der Waals surface area contributed by atoms with Crippen molar-refractivity contribution >= 4 is 30.7 Å². The first-order valence-corrected chi connectivity index (χ1v) is 6.75. The van der Waals surface area contributed by atoms with E-state index in [4.69, 9.17) is 5.73 Å². The summed E-state index contributed by atoms with van der Waals surface area (Å²) in [5, 5.41) is 0. The third-order valence-corrected chi connectivity index (χ3v) is 3.08. The van der Waals surface area contributed by atoms with Crippen LogP contribution >= 0.6 is 24.8 Å². The van der Waals surface area contributed by atoms with Crippen molar-refractivity contribution in [2.45, 2.75) is 6.42 Å². The van der Waals surface area contributed by atoms with Crippen LogP contribution in [0.5, 0.6) is 0 Å². The lowest BCUT2D eigenvalue weighted by Crippen LogP contribution is -2.37. The summed E-state index contributed by atoms with van der Waals surface area (Å²) in [5.41, 5.74) is 7.28. The number of carbonyl (C=O) groups is 1. The zero-order valence-corrected chi connectivity index (χ0v) is 13.9. The van der Waals surface area contributed by atoms with E-state index in [9.17, 15) is 4.79 Å². The summed E-state index contributed by atoms with van der Waals surface area (Å²) in [6, 6.07) is 15.5. The molecule has 0 atom stereocenters. The van der Waals surface area contributed by atoms with Gasteiger partial charge in [0.25, 0.3) is 5.91 Å². The van der Waals surface area contributed by atoms with Crippen LogP contribution in [0.25, 0.3) is 0 Å². The molecule has 2 N–H and O–H groups in total. The SMILES string of the molecule is Cl.Cl.NCCN(CCc1ccccc1)C(=O)c1ccccn1. The van der Waals surface area contributed by atoms with Crippen LogP contribution in [0.15, 0.2) is 54.7 Å². The highest BCUT2D eigenvalue weighted by Gasteiger charge is 2.15. The summed E-state index contributed by atoms with van der Waals surface area (Å²) in [5.74, 6) is -0.0630. The largest absolute Gasteiger partial charge is 0.336 e. The van der Waals surface area contributed by atoms with Crippen molar-refractivity contribution in [3.63, 3.8) is 0 Å². The maximum Gasteiger partial charge on any atom is 0.272 e. The molecule has 0 saturated heterocycles. The van der Waals surface area contributed by atoms with Crippen molar-refractivity contribution in [2.24, 2.45) is 5.73 Å². The van der Waals surface area contributed by atoms with Gasteiger partial charge in [0, 0.05) is 25.8 Å². The normalized spacial score (nSPS) is 9.32. The monoisotopic (exact) mass is 341 g/mol. The Morgan fingerprint density at radius 2 is 1.68 bits per heavy atom. The molecule has 1 amide bonds. The summed E-state index contributed by atoms with van der Waals surface area (Å²) in [6.07, 6.45) is 2.45. The van der Waals surface area contributed by atoms with Crippen LogP contribution in [0.4, 0.5) is 0 Å². The first-order chi connectivity index (χ1) is 9.81. The molecule has 1 aromatic heterocycles. The van der Waals surface area contributed by atoms with Crippen molar-refractivity contribution in [1.29, 1.82) is 0 Å². The summed E-state index contributed by atoms with van der Waals surface area (Å²) < 4.78 is 0. The predicted octanol–water partition coefficient (Wildman–Crippen LogP) is 2.57. The smallest absolute Gasteiger partial charge is 0.272 e. The lowest BCUT2D eigenvalue weighted by Gasteiger charge is -2.21. The molecule has 0 radical (unpaired) electrons. The molecule has 6 heteroatoms. The average molecular weight is 342 g/mol. The molecule has 120 valence electrons. The van der Waals surface area contributed by atoms with E-state index in [1.807, 2.05) is 24.3 Å². The van der Waals surface area contributed by atoms with Gasteiger partial charge in [-0.05, 0) is 24.1 Å². The highest BCUT2D eigenvalue weighted by molar-refractivity contribution is 5.92. The molecule has 0 aliphatic carbocycles. The Kier molecular flexibility index (Phi) is 10.2. The standard InChI is InChI=1S/C16H19N3O.2ClH/c17-10-13-19(12-9-14-6-2-1-3-7-14)16(20)15-8-4-5-11-18-15;;/h1-8,11H,9-10,12-13,17H2;2*1H. The Morgan fingerprint density at radius 3 is 2.27 bits per heavy atom. The fraction of sp³-hybridized carbons (Fsp3) is 0.250. The van der Waals surface area contributed by atoms with Gasteiger partial charge in [-0.3, -0.25) is 9.78 Å². The molecule has 0 aliphatic heterocycles. The number of halogens is 2. The molecule has 22 heavy (non-hydrogen) atoms. The van der Waals surface area contributed by atoms with Gasteiger partial charge in [0.05, 0.1) is 0 Å². The van der Waals surface area contributed by atoms with Gasteiger partial charge in [0.15, 0.2) is 0 Å². The van der Waals surface area contributed by atoms with E-state index >= 15 is 0 Å². The topological polar surface area (TPSA) is 59.2 Å². The second-order valence-electron chi connectivity index (χ2n) is 4.53. The lowest BCUT2D eigenvalue weighted by molar-refractivity contribution is 0.0756. The minimum absolute atomic E-state index is 0. The third kappa shape index (κ3) is 6.02. The molecule has 0 aliphatic rings. The maximum atomic E-state index is 12.4. The average Bonchev–Trinajstić information content (AvgIpc) is 2.52. The number of nitrogens with two attached hydrogens (primary N) is 1. The number of hydrogen-bond donors (Lipinski definition) is 1. The minimum Gasteiger partial charge on any atom is -0.336 e. The molecular weight excluding hydrogens is 321 g/mol. The number of rotatable bonds is 6. The second-order valence-corrected chi connectivity index (χ2v) is 4.53. The Bertz CT molecular complexity index is 538. The number of nitrogens with zero attached hydrogens (tertiary/aromatic N) is 2. The third-order valence-electron chi connectivity index (χ3n) is 3.08. The second kappa shape index (κ2) is 11.0. The van der Waals surface area contributed by atoms with Crippen LogP contribution in [-0.4, -0.2) is 35.4 Å². The molecule has 2 aromatic rings. The molecule has 0 unspecified atom stereocenters. The number of amides is 1. The van der Waals surface area contributed by atoms with Gasteiger partial charge in [-0.1, -0.05) is 36.4 Å². The molecule has 0 saturated carbocycles. The summed E-state index contributed by atoms with van der Waals surface area (Å²) in [6.45, 7) is 1.65. The molecular formula is C16H21Cl2N3O. The number of pyridine rings is 1. The maximum absolute atomic E-state index is 12.4. The van der Waals surface area contributed by atoms with Crippen LogP contribution in [0.2, 0.25) is 0 Å². The van der Waals surface area contributed by atoms with E-state index in [0.29, 0.717) is 25.3 Å². The minimum atomic E-state index is -0.0630. The van der Waals surface area contributed by atoms with Gasteiger partial charge in [-0.15, -0.1) is 24.8 Å². The zero-order valence-electron chi connectivity index (χ0n) is 12.2. The zero-order chi connectivity index (χ0) is 14.2. The van der Waals surface area contributed by atoms with Gasteiger partial charge in [-0.2, -0.15) is 0 Å². The summed E-state index contributed by atoms with van der Waals surface area (Å²) in [7, 11) is 0. The molecule has 4 nitrogen and oxygen atoms in total. The fourth-order valence-electron chi connectivity index (χ4n) is 2.03. The van der Waals surface area contributed by atoms with E-state index < -0.39 is 0 Å². The van der Waals surface area contributed by atoms with Crippen molar-refractivity contribution < 1.29 is 4.79 Å². The van der Waals surface area contributed by atoms with Gasteiger partial charge < -0.3 is 10.6 Å². The van der Waals surface area contributed by atoms with Crippen LogP contribution < -0.4 is 5.73 Å². The van der Waals surface area contributed by atoms with Crippen LogP contribution in [0, 0.1) is 0 Å². The Balaban J connectivity index is 0.00000220. The van der Waals surface area contributed by atoms with E-state index in [0.717, 1.165) is 6.42 Å². The highest BCUT2D eigenvalue weighted by atomic mass is 35.5. The van der Waals surface area contributed by atoms with E-state index in [2.05, 4.69) is 17.1 Å². The molecule has 0 fully saturated rings. The van der Waals surface area contributed by atoms with E-state index in [-0.39, 0.29) is 30.7 Å². The molecule has 0 bridgehead atoms. The lowest BCUT2D eigenvalue weighted by atomic mass is 10.1. The van der Waals surface area contributed by atoms with Gasteiger partial charge in [-0.25, -0.2) is 0 Å². The van der Waals surface area contributed by atoms with Gasteiger partial charge in [0.2, 0.25) is 0 Å². The van der Waals surface area contributed by atoms with Crippen LogP contribution in [0.1, 0.15) is 16.1 Å². The highest BCUT2D eigenvalue weighted by Crippen LogP contribution is 2.05. The van der Waals surface area contributed by atoms with Crippen LogP contribution in [0.3, 0.4) is 0 Å². The number of benzene rings is 1. The number of hydrogen-bond acceptors (Lipinski definition) is 3. The summed E-state index contributed by atoms with van der Waals surface area (Å²) in [4.78, 5) is 18.2. The molecule has 2 rings (SSSR count). The van der Waals surface area contributed by atoms with Crippen molar-refractivity contribution in [3.05, 3.63) is 66.0 Å². The Labute approximate surface area is 143 Å². The number of aromatic nitrogens is 1. The summed E-state index contributed by atoms with van der Waals surface area (Å²) >= 11 is 0. The molecule has 1 heterocycles. The van der Waals surface area contributed by atoms with E-state index in [1.54, 1.807) is 23.2 Å². The van der Waals surface area contributed by atoms with Gasteiger partial charge in [0.1, 0.15) is 5.69 Å². The van der Waals surface area contributed by atoms with Crippen molar-refractivity contribution in [1.82, 2.24) is 9.88 Å². The Hall–Kier alpha value is -1.62. The van der Waals surface area contributed by atoms with E-state index in [1.165, 1.54) is 5.56 Å². The van der Waals surface area contributed by atoms with Crippen LogP contribution in [-0.2, 0) is 6.42 Å². The first kappa shape index (κ1) is 20.4. The number of carbonyl (C=O) groups excluding carboxylic acids is 1. The molecule has 1 aromatic carbocycles. The fourth-order valence-corrected chi connectivity index (χ4v) is 2.03. The van der Waals surface area contributed by atoms with Crippen molar-refractivity contribution in [2.75, 3.05) is 19.6 Å². The predicted molar refractivity (Wildman–Crippen MR) is 93.8 cm³/mol. The van der Waals surface area contributed by atoms with Gasteiger partial charge >= 0.3 is 0 Å². The first-order valence-electron chi connectivity index (χ1n) is 6.75. The Morgan fingerprint density at radius 1 is 1.00 bits per heavy atom.